The minimum absolute atomic E-state index is 0.0817. The van der Waals surface area contributed by atoms with Gasteiger partial charge in [-0.1, -0.05) is 36.2 Å². The van der Waals surface area contributed by atoms with Gasteiger partial charge in [0.1, 0.15) is 5.66 Å². The number of nitrogens with zero attached hydrogens (tertiary/aromatic N) is 2. The lowest BCUT2D eigenvalue weighted by atomic mass is 10.0. The van der Waals surface area contributed by atoms with Crippen LogP contribution in [-0.2, 0) is 19.0 Å². The second-order valence-electron chi connectivity index (χ2n) is 8.34. The summed E-state index contributed by atoms with van der Waals surface area (Å²) in [6.45, 7) is 5.54. The topological polar surface area (TPSA) is 176 Å². The second-order valence-corrected chi connectivity index (χ2v) is 10.8. The number of likely N-dealkylation sites (tertiary alicyclic amines) is 1. The van der Waals surface area contributed by atoms with Gasteiger partial charge in [0, 0.05) is 52.5 Å². The molecule has 0 aromatic heterocycles. The average Bonchev–Trinajstić information content (AvgIpc) is 3.16. The van der Waals surface area contributed by atoms with E-state index in [0.717, 1.165) is 6.42 Å². The first-order chi connectivity index (χ1) is 17.2. The van der Waals surface area contributed by atoms with E-state index < -0.39 is 21.9 Å². The number of imide groups is 1. The number of nitrogens with two attached hydrogens (primary N) is 2. The first kappa shape index (κ1) is 32.9. The van der Waals surface area contributed by atoms with Crippen LogP contribution in [0.15, 0.2) is 4.99 Å². The highest BCUT2D eigenvalue weighted by molar-refractivity contribution is 14.1. The molecule has 0 bridgehead atoms. The van der Waals surface area contributed by atoms with Gasteiger partial charge in [-0.3, -0.25) is 29.5 Å². The van der Waals surface area contributed by atoms with Crippen molar-refractivity contribution in [2.45, 2.75) is 62.9 Å². The fraction of sp³-hybridized carbons (Fsp3) is 0.810. The van der Waals surface area contributed by atoms with Crippen molar-refractivity contribution in [1.29, 1.82) is 0 Å². The number of aliphatic imine (C=N–C) groups is 1. The van der Waals surface area contributed by atoms with Gasteiger partial charge in [-0.2, -0.15) is 0 Å². The molecule has 0 saturated carbocycles. The average molecular weight is 640 g/mol. The molecule has 3 amide bonds. The number of hydrogen-bond donors (Lipinski definition) is 6. The van der Waals surface area contributed by atoms with Crippen molar-refractivity contribution in [3.63, 3.8) is 0 Å². The van der Waals surface area contributed by atoms with Gasteiger partial charge in [-0.15, -0.1) is 11.8 Å². The summed E-state index contributed by atoms with van der Waals surface area (Å²) in [6.07, 6.45) is 2.66. The molecule has 0 radical (unpaired) electrons. The molecule has 1 fully saturated rings. The molecule has 206 valence electrons. The number of carbonyl (C=O) groups excluding carboxylic acids is 3. The molecule has 1 aliphatic heterocycles. The highest BCUT2D eigenvalue weighted by atomic mass is 127. The lowest BCUT2D eigenvalue weighted by Gasteiger charge is -2.41. The molecule has 15 heteroatoms. The molecule has 1 saturated heterocycles. The molecule has 1 rings (SSSR count). The second kappa shape index (κ2) is 17.4. The number of guanidine groups is 1. The summed E-state index contributed by atoms with van der Waals surface area (Å²) in [6, 6.07) is -0.615. The first-order valence-corrected chi connectivity index (χ1v) is 14.6. The Bertz CT molecular complexity index is 747. The molecule has 12 nitrogen and oxygen atoms in total. The number of thioether (sulfide) groups is 1. The van der Waals surface area contributed by atoms with Crippen LogP contribution >= 0.6 is 34.1 Å². The third kappa shape index (κ3) is 9.97. The van der Waals surface area contributed by atoms with E-state index in [-0.39, 0.29) is 30.7 Å². The third-order valence-corrected chi connectivity index (χ3v) is 7.69. The molecule has 36 heavy (non-hydrogen) atoms. The van der Waals surface area contributed by atoms with E-state index in [9.17, 15) is 14.4 Å². The molecule has 3 atom stereocenters. The zero-order valence-corrected chi connectivity index (χ0v) is 24.7. The van der Waals surface area contributed by atoms with Gasteiger partial charge < -0.3 is 32.1 Å². The molecule has 0 aliphatic carbocycles. The van der Waals surface area contributed by atoms with Crippen LogP contribution in [0.4, 0.5) is 0 Å². The van der Waals surface area contributed by atoms with Crippen molar-refractivity contribution in [3.05, 3.63) is 0 Å². The van der Waals surface area contributed by atoms with Crippen LogP contribution in [-0.4, -0.2) is 96.5 Å². The smallest absolute Gasteiger partial charge is 0.413 e. The van der Waals surface area contributed by atoms with Crippen LogP contribution in [0.25, 0.3) is 0 Å². The lowest BCUT2D eigenvalue weighted by Crippen LogP contribution is -2.67. The first-order valence-electron chi connectivity index (χ1n) is 12.3. The molecule has 0 spiro atoms. The molecule has 1 heterocycles. The van der Waals surface area contributed by atoms with Gasteiger partial charge in [-0.05, 0) is 25.7 Å². The number of halogens is 1. The van der Waals surface area contributed by atoms with Crippen molar-refractivity contribution >= 4 is 62.7 Å². The number of amides is 3. The highest BCUT2D eigenvalue weighted by Crippen LogP contribution is 2.31. The summed E-state index contributed by atoms with van der Waals surface area (Å²) in [5.74, 6) is 0.406. The van der Waals surface area contributed by atoms with Crippen molar-refractivity contribution < 1.29 is 19.0 Å². The van der Waals surface area contributed by atoms with Crippen LogP contribution in [0, 0.1) is 0 Å². The van der Waals surface area contributed by atoms with E-state index in [1.165, 1.54) is 16.7 Å². The summed E-state index contributed by atoms with van der Waals surface area (Å²) in [5.41, 5.74) is 11.0. The Kier molecular flexibility index (Phi) is 15.9. The normalized spacial score (nSPS) is 18.7. The maximum Gasteiger partial charge on any atom is 0.456 e. The third-order valence-electron chi connectivity index (χ3n) is 5.81. The summed E-state index contributed by atoms with van der Waals surface area (Å²) in [7, 11) is 3.46. The van der Waals surface area contributed by atoms with E-state index in [4.69, 9.17) is 16.1 Å². The quantitative estimate of drug-likeness (QED) is 0.0300. The maximum absolute atomic E-state index is 13.2. The van der Waals surface area contributed by atoms with Crippen molar-refractivity contribution in [3.8, 4) is 0 Å². The Morgan fingerprint density at radius 1 is 1.36 bits per heavy atom. The molecule has 8 N–H and O–H groups in total. The Labute approximate surface area is 232 Å². The summed E-state index contributed by atoms with van der Waals surface area (Å²) in [5, 5.41) is 11.6. The maximum atomic E-state index is 13.2. The van der Waals surface area contributed by atoms with Crippen LogP contribution < -0.4 is 32.6 Å². The molecule has 3 unspecified atom stereocenters. The van der Waals surface area contributed by atoms with E-state index in [2.05, 4.69) is 48.5 Å². The number of carbonyl (C=O) groups is 3. The minimum Gasteiger partial charge on any atom is -0.413 e. The predicted octanol–water partition coefficient (Wildman–Crippen LogP) is -0.633. The van der Waals surface area contributed by atoms with Crippen molar-refractivity contribution in [2.24, 2.45) is 16.5 Å². The van der Waals surface area contributed by atoms with E-state index in [0.29, 0.717) is 50.7 Å². The molecule has 0 aromatic carbocycles. The van der Waals surface area contributed by atoms with Gasteiger partial charge >= 0.3 is 4.91 Å². The van der Waals surface area contributed by atoms with Crippen LogP contribution in [0.2, 0.25) is 0 Å². The van der Waals surface area contributed by atoms with Crippen molar-refractivity contribution in [2.75, 3.05) is 46.1 Å². The summed E-state index contributed by atoms with van der Waals surface area (Å²) < 4.78 is 5.68. The predicted molar refractivity (Wildman–Crippen MR) is 155 cm³/mol. The Morgan fingerprint density at radius 2 is 2.08 bits per heavy atom. The van der Waals surface area contributed by atoms with Gasteiger partial charge in [0.05, 0.1) is 11.3 Å². The van der Waals surface area contributed by atoms with Crippen molar-refractivity contribution in [1.82, 2.24) is 26.1 Å². The number of nitrogens with one attached hydrogen (secondary N) is 4. The van der Waals surface area contributed by atoms with Gasteiger partial charge in [0.25, 0.3) is 0 Å². The monoisotopic (exact) mass is 640 g/mol. The number of hydrogen-bond acceptors (Lipinski definition) is 9. The molecule has 0 aromatic rings. The van der Waals surface area contributed by atoms with E-state index in [1.54, 1.807) is 14.1 Å². The van der Waals surface area contributed by atoms with Crippen LogP contribution in [0.3, 0.4) is 0 Å². The summed E-state index contributed by atoms with van der Waals surface area (Å²) >= 11 is 3.45. The molecular weight excluding hydrogens is 598 g/mol. The van der Waals surface area contributed by atoms with E-state index >= 15 is 0 Å². The fourth-order valence-corrected chi connectivity index (χ4v) is 5.57. The van der Waals surface area contributed by atoms with Crippen LogP contribution in [0.1, 0.15) is 46.0 Å². The van der Waals surface area contributed by atoms with Crippen LogP contribution in [0.5, 0.6) is 0 Å². The van der Waals surface area contributed by atoms with Gasteiger partial charge in [-0.25, -0.2) is 0 Å². The largest absolute Gasteiger partial charge is 0.456 e. The zero-order chi connectivity index (χ0) is 27.1. The lowest BCUT2D eigenvalue weighted by molar-refractivity contribution is -0.146. The Morgan fingerprint density at radius 3 is 2.67 bits per heavy atom. The van der Waals surface area contributed by atoms with Gasteiger partial charge in [0.2, 0.25) is 17.7 Å². The van der Waals surface area contributed by atoms with Gasteiger partial charge in [0.15, 0.2) is 5.96 Å². The Balaban J connectivity index is 2.51. The standard InChI is InChI=1S/C21H42BIN8O4S/c1-5-11-35-22(23)30-21(6-2,14-24)31-17(32)13-16(19(31)34)36-12-10-28-18(33)15(25)8-7-9-29-20(26-3)27-4/h15-16,30H,5-14,24-25H2,1-4H3,(H,28,33)(H2,26,27,29). The number of rotatable bonds is 17. The Hall–Kier alpha value is -1.14. The summed E-state index contributed by atoms with van der Waals surface area (Å²) in [4.78, 5) is 43.2. The molecular formula is C21H42BIN8O4S. The SMILES string of the molecule is CCCOB(I)NC(CC)(CN)N1C(=O)CC(SCCNC(=O)C(N)CCCNC(=NC)NC)C1=O. The zero-order valence-electron chi connectivity index (χ0n) is 21.8. The molecule has 1 aliphatic rings. The van der Waals surface area contributed by atoms with E-state index in [1.807, 2.05) is 13.8 Å². The highest BCUT2D eigenvalue weighted by Gasteiger charge is 2.50. The fourth-order valence-electron chi connectivity index (χ4n) is 3.72. The minimum atomic E-state index is -1.00.